The Labute approximate surface area is 208 Å². The smallest absolute Gasteiger partial charge is 0.254 e. The normalized spacial score (nSPS) is 19.8. The van der Waals surface area contributed by atoms with Crippen molar-refractivity contribution in [3.05, 3.63) is 77.1 Å². The van der Waals surface area contributed by atoms with Crippen LogP contribution in [-0.2, 0) is 5.60 Å². The Morgan fingerprint density at radius 2 is 1.92 bits per heavy atom. The van der Waals surface area contributed by atoms with E-state index in [-0.39, 0.29) is 23.8 Å². The summed E-state index contributed by atoms with van der Waals surface area (Å²) in [5, 5.41) is 19.6. The van der Waals surface area contributed by atoms with E-state index < -0.39 is 12.2 Å². The highest BCUT2D eigenvalue weighted by Gasteiger charge is 2.44. The zero-order valence-electron chi connectivity index (χ0n) is 20.2. The minimum atomic E-state index is -1.50. The van der Waals surface area contributed by atoms with E-state index in [1.54, 1.807) is 24.2 Å². The van der Waals surface area contributed by atoms with Gasteiger partial charge in [-0.1, -0.05) is 18.1 Å². The zero-order valence-corrected chi connectivity index (χ0v) is 20.2. The lowest BCUT2D eigenvalue weighted by molar-refractivity contribution is -0.00969. The number of aliphatic hydroxyl groups excluding tert-OH is 1. The molecule has 3 atom stereocenters. The molecular formula is C28H25N5O3. The summed E-state index contributed by atoms with van der Waals surface area (Å²) < 4.78 is 2.25. The van der Waals surface area contributed by atoms with E-state index in [0.29, 0.717) is 5.56 Å². The fourth-order valence-corrected chi connectivity index (χ4v) is 5.37. The minimum absolute atomic E-state index is 0.00718. The Hall–Kier alpha value is -4.06. The largest absolute Gasteiger partial charge is 0.393 e. The van der Waals surface area contributed by atoms with Crippen LogP contribution in [0.25, 0.3) is 22.2 Å². The second-order valence-electron chi connectivity index (χ2n) is 9.60. The summed E-state index contributed by atoms with van der Waals surface area (Å²) in [6.07, 6.45) is 4.04. The summed E-state index contributed by atoms with van der Waals surface area (Å²) in [6.45, 7) is 2.81. The van der Waals surface area contributed by atoms with Crippen molar-refractivity contribution in [2.24, 2.45) is 0 Å². The molecule has 2 aromatic carbocycles. The van der Waals surface area contributed by atoms with E-state index in [2.05, 4.69) is 32.4 Å². The predicted octanol–water partition coefficient (Wildman–Crippen LogP) is 3.18. The Morgan fingerprint density at radius 3 is 2.64 bits per heavy atom. The second kappa shape index (κ2) is 7.98. The number of hydrogen-bond donors (Lipinski definition) is 2. The highest BCUT2D eigenvalue weighted by molar-refractivity contribution is 5.98. The maximum absolute atomic E-state index is 13.4. The van der Waals surface area contributed by atoms with Crippen LogP contribution in [0.5, 0.6) is 0 Å². The fourth-order valence-electron chi connectivity index (χ4n) is 5.37. The monoisotopic (exact) mass is 479 g/mol. The first kappa shape index (κ1) is 22.4. The molecule has 180 valence electrons. The van der Waals surface area contributed by atoms with E-state index in [9.17, 15) is 15.0 Å². The molecule has 3 unspecified atom stereocenters. The number of amides is 1. The van der Waals surface area contributed by atoms with Gasteiger partial charge < -0.3 is 19.7 Å². The molecule has 2 N–H and O–H groups in total. The van der Waals surface area contributed by atoms with Crippen LogP contribution in [0.4, 0.5) is 0 Å². The predicted molar refractivity (Wildman–Crippen MR) is 134 cm³/mol. The lowest BCUT2D eigenvalue weighted by atomic mass is 9.93. The molecule has 2 aliphatic rings. The molecule has 6 rings (SSSR count). The average Bonchev–Trinajstić information content (AvgIpc) is 3.42. The molecule has 4 aromatic rings. The molecule has 0 saturated heterocycles. The Morgan fingerprint density at radius 1 is 1.14 bits per heavy atom. The summed E-state index contributed by atoms with van der Waals surface area (Å²) in [4.78, 5) is 28.7. The summed E-state index contributed by atoms with van der Waals surface area (Å²) in [7, 11) is 1.85. The second-order valence-corrected chi connectivity index (χ2v) is 9.60. The first-order valence-corrected chi connectivity index (χ1v) is 11.8. The quantitative estimate of drug-likeness (QED) is 0.438. The number of rotatable bonds is 3. The molecule has 2 aromatic heterocycles. The number of imidazole rings is 1. The van der Waals surface area contributed by atoms with Gasteiger partial charge in [0, 0.05) is 48.1 Å². The van der Waals surface area contributed by atoms with Crippen LogP contribution in [0.15, 0.2) is 48.8 Å². The molecule has 4 heterocycles. The summed E-state index contributed by atoms with van der Waals surface area (Å²) in [5.74, 6) is 7.23. The molecule has 0 radical (unpaired) electrons. The number of aliphatic hydroxyl groups is 2. The molecule has 1 amide bonds. The van der Waals surface area contributed by atoms with E-state index in [0.717, 1.165) is 45.5 Å². The van der Waals surface area contributed by atoms with Crippen LogP contribution in [0.1, 0.15) is 65.5 Å². The third-order valence-corrected chi connectivity index (χ3v) is 7.27. The van der Waals surface area contributed by atoms with Gasteiger partial charge in [0.25, 0.3) is 5.91 Å². The summed E-state index contributed by atoms with van der Waals surface area (Å²) in [6, 6.07) is 11.6. The lowest BCUT2D eigenvalue weighted by Crippen LogP contribution is -2.30. The lowest BCUT2D eigenvalue weighted by Gasteiger charge is -2.24. The molecule has 2 bridgehead atoms. The van der Waals surface area contributed by atoms with Gasteiger partial charge in [-0.05, 0) is 43.7 Å². The summed E-state index contributed by atoms with van der Waals surface area (Å²) in [5.41, 5.74) is 4.53. The molecule has 0 aliphatic carbocycles. The Bertz CT molecular complexity index is 1590. The highest BCUT2D eigenvalue weighted by Crippen LogP contribution is 2.48. The van der Waals surface area contributed by atoms with Gasteiger partial charge in [0.2, 0.25) is 0 Å². The maximum Gasteiger partial charge on any atom is 0.254 e. The minimum Gasteiger partial charge on any atom is -0.393 e. The Kier molecular flexibility index (Phi) is 4.97. The van der Waals surface area contributed by atoms with Crippen molar-refractivity contribution in [1.29, 1.82) is 0 Å². The Balaban J connectivity index is 1.52. The molecule has 2 aliphatic heterocycles. The number of aromatic nitrogens is 4. The molecule has 0 saturated carbocycles. The van der Waals surface area contributed by atoms with Gasteiger partial charge in [-0.3, -0.25) is 4.79 Å². The molecule has 8 heteroatoms. The van der Waals surface area contributed by atoms with Crippen molar-refractivity contribution in [2.45, 2.75) is 38.0 Å². The first-order chi connectivity index (χ1) is 17.3. The highest BCUT2D eigenvalue weighted by atomic mass is 16.3. The van der Waals surface area contributed by atoms with Crippen molar-refractivity contribution >= 4 is 16.9 Å². The van der Waals surface area contributed by atoms with Gasteiger partial charge >= 0.3 is 0 Å². The van der Waals surface area contributed by atoms with Crippen LogP contribution in [0.3, 0.4) is 0 Å². The number of fused-ring (bicyclic) bond motifs is 9. The van der Waals surface area contributed by atoms with Gasteiger partial charge in [0.05, 0.1) is 29.7 Å². The van der Waals surface area contributed by atoms with Crippen LogP contribution in [0, 0.1) is 11.8 Å². The van der Waals surface area contributed by atoms with Gasteiger partial charge in [-0.15, -0.1) is 5.92 Å². The third-order valence-electron chi connectivity index (χ3n) is 7.27. The van der Waals surface area contributed by atoms with Crippen LogP contribution >= 0.6 is 0 Å². The first-order valence-electron chi connectivity index (χ1n) is 11.8. The fraction of sp³-hybridized carbons (Fsp3) is 0.286. The summed E-state index contributed by atoms with van der Waals surface area (Å²) >= 11 is 0. The number of hydrogen-bond acceptors (Lipinski definition) is 6. The molecule has 8 nitrogen and oxygen atoms in total. The maximum atomic E-state index is 13.4. The molecule has 0 spiro atoms. The third kappa shape index (κ3) is 3.17. The van der Waals surface area contributed by atoms with Gasteiger partial charge in [-0.2, -0.15) is 0 Å². The van der Waals surface area contributed by atoms with E-state index in [4.69, 9.17) is 4.98 Å². The van der Waals surface area contributed by atoms with Crippen molar-refractivity contribution in [1.82, 2.24) is 24.4 Å². The molecule has 36 heavy (non-hydrogen) atoms. The molecule has 0 fully saturated rings. The van der Waals surface area contributed by atoms with Crippen molar-refractivity contribution in [3.63, 3.8) is 0 Å². The molecular weight excluding hydrogens is 454 g/mol. The van der Waals surface area contributed by atoms with Crippen molar-refractivity contribution in [2.75, 3.05) is 13.7 Å². The number of benzene rings is 2. The van der Waals surface area contributed by atoms with Crippen molar-refractivity contribution in [3.8, 4) is 23.0 Å². The van der Waals surface area contributed by atoms with E-state index >= 15 is 0 Å². The average molecular weight is 480 g/mol. The van der Waals surface area contributed by atoms with Gasteiger partial charge in [0.1, 0.15) is 11.4 Å². The van der Waals surface area contributed by atoms with Gasteiger partial charge in [-0.25, -0.2) is 15.0 Å². The zero-order chi connectivity index (χ0) is 25.2. The van der Waals surface area contributed by atoms with Gasteiger partial charge in [0.15, 0.2) is 5.82 Å². The van der Waals surface area contributed by atoms with Crippen LogP contribution in [0.2, 0.25) is 0 Å². The van der Waals surface area contributed by atoms with Crippen molar-refractivity contribution < 1.29 is 15.0 Å². The number of nitrogens with zero attached hydrogens (tertiary/aromatic N) is 5. The number of carbonyl (C=O) groups excluding carboxylic acids is 1. The standard InChI is InChI=1S/C28H25N5O3/c1-4-6-16-7-5-8-19-24(16)22-12-23(32(3)26(19)35)25-31-20-10-9-17(11-21(20)33(22)25)18-13-29-27(30-14-18)28(2,36)15-34/h5,7-11,13-14,22-23,34,36H,12,15H2,1-3H3. The van der Waals surface area contributed by atoms with Crippen LogP contribution < -0.4 is 0 Å². The topological polar surface area (TPSA) is 104 Å². The van der Waals surface area contributed by atoms with Crippen LogP contribution in [-0.4, -0.2) is 54.2 Å². The van der Waals surface area contributed by atoms with E-state index in [1.807, 2.05) is 37.4 Å². The SMILES string of the molecule is CC#Cc1cccc2c1C1CC(c3nc4ccc(-c5cnc(C(C)(O)CO)nc5)cc4n31)N(C)C2=O. The number of carbonyl (C=O) groups is 1. The van der Waals surface area contributed by atoms with E-state index in [1.165, 1.54) is 6.92 Å².